The van der Waals surface area contributed by atoms with Crippen molar-refractivity contribution in [3.05, 3.63) is 33.8 Å². The zero-order valence-corrected chi connectivity index (χ0v) is 8.48. The molecule has 0 fully saturated rings. The largest absolute Gasteiger partial charge is 0.369 e. The molecule has 2 nitrogen and oxygen atoms in total. The summed E-state index contributed by atoms with van der Waals surface area (Å²) in [6.07, 6.45) is 0.282. The van der Waals surface area contributed by atoms with Crippen LogP contribution in [0.25, 0.3) is 0 Å². The van der Waals surface area contributed by atoms with Crippen molar-refractivity contribution < 1.29 is 4.79 Å². The quantitative estimate of drug-likeness (QED) is 0.774. The minimum atomic E-state index is -0.315. The van der Waals surface area contributed by atoms with E-state index in [0.29, 0.717) is 0 Å². The molecule has 1 amide bonds. The lowest BCUT2D eigenvalue weighted by atomic mass is 10.0. The summed E-state index contributed by atoms with van der Waals surface area (Å²) in [6, 6.07) is 3.76. The highest BCUT2D eigenvalue weighted by molar-refractivity contribution is 6.31. The van der Waals surface area contributed by atoms with E-state index in [-0.39, 0.29) is 12.3 Å². The monoisotopic (exact) mass is 197 g/mol. The highest BCUT2D eigenvalue weighted by atomic mass is 35.5. The molecule has 0 heterocycles. The Labute approximate surface area is 82.7 Å². The summed E-state index contributed by atoms with van der Waals surface area (Å²) in [6.45, 7) is 3.83. The Morgan fingerprint density at radius 2 is 2.00 bits per heavy atom. The van der Waals surface area contributed by atoms with Gasteiger partial charge in [0.2, 0.25) is 5.91 Å². The van der Waals surface area contributed by atoms with Crippen LogP contribution in [0.1, 0.15) is 16.7 Å². The van der Waals surface area contributed by atoms with E-state index in [9.17, 15) is 4.79 Å². The van der Waals surface area contributed by atoms with Crippen LogP contribution in [0.4, 0.5) is 0 Å². The van der Waals surface area contributed by atoms with Gasteiger partial charge in [0, 0.05) is 5.02 Å². The fourth-order valence-corrected chi connectivity index (χ4v) is 1.44. The number of primary amides is 1. The lowest BCUT2D eigenvalue weighted by Crippen LogP contribution is -2.14. The molecule has 0 aliphatic rings. The van der Waals surface area contributed by atoms with Gasteiger partial charge in [0.25, 0.3) is 0 Å². The van der Waals surface area contributed by atoms with E-state index in [2.05, 4.69) is 0 Å². The van der Waals surface area contributed by atoms with E-state index >= 15 is 0 Å². The Balaban J connectivity index is 3.08. The summed E-state index contributed by atoms with van der Waals surface area (Å²) in [5.74, 6) is -0.315. The van der Waals surface area contributed by atoms with Crippen molar-refractivity contribution in [3.63, 3.8) is 0 Å². The van der Waals surface area contributed by atoms with Gasteiger partial charge in [0.1, 0.15) is 0 Å². The maximum Gasteiger partial charge on any atom is 0.221 e. The summed E-state index contributed by atoms with van der Waals surface area (Å²) < 4.78 is 0. The van der Waals surface area contributed by atoms with Gasteiger partial charge in [0.15, 0.2) is 0 Å². The molecule has 2 N–H and O–H groups in total. The van der Waals surface area contributed by atoms with Crippen LogP contribution in [0.5, 0.6) is 0 Å². The van der Waals surface area contributed by atoms with E-state index in [1.807, 2.05) is 26.0 Å². The molecule has 13 heavy (non-hydrogen) atoms. The van der Waals surface area contributed by atoms with Gasteiger partial charge in [-0.25, -0.2) is 0 Å². The molecule has 0 aliphatic heterocycles. The molecular formula is C10H12ClNO. The first-order valence-corrected chi connectivity index (χ1v) is 4.42. The summed E-state index contributed by atoms with van der Waals surface area (Å²) in [5.41, 5.74) is 8.05. The molecule has 0 unspecified atom stereocenters. The molecule has 0 atom stereocenters. The number of rotatable bonds is 2. The number of benzene rings is 1. The van der Waals surface area contributed by atoms with Crippen molar-refractivity contribution in [2.75, 3.05) is 0 Å². The van der Waals surface area contributed by atoms with Gasteiger partial charge in [-0.2, -0.15) is 0 Å². The van der Waals surface area contributed by atoms with E-state index in [4.69, 9.17) is 17.3 Å². The van der Waals surface area contributed by atoms with Crippen molar-refractivity contribution >= 4 is 17.5 Å². The molecule has 0 radical (unpaired) electrons. The van der Waals surface area contributed by atoms with Crippen molar-refractivity contribution in [3.8, 4) is 0 Å². The Morgan fingerprint density at radius 3 is 2.54 bits per heavy atom. The smallest absolute Gasteiger partial charge is 0.221 e. The molecule has 3 heteroatoms. The van der Waals surface area contributed by atoms with Crippen LogP contribution in [0.15, 0.2) is 12.1 Å². The molecule has 0 aliphatic carbocycles. The van der Waals surface area contributed by atoms with Gasteiger partial charge in [-0.1, -0.05) is 17.7 Å². The van der Waals surface area contributed by atoms with Crippen LogP contribution in [-0.4, -0.2) is 5.91 Å². The number of halogens is 1. The first-order valence-electron chi connectivity index (χ1n) is 4.04. The third-order valence-electron chi connectivity index (χ3n) is 1.98. The van der Waals surface area contributed by atoms with E-state index in [0.717, 1.165) is 21.7 Å². The number of carbonyl (C=O) groups excluding carboxylic acids is 1. The number of aryl methyl sites for hydroxylation is 2. The Kier molecular flexibility index (Phi) is 2.94. The Hall–Kier alpha value is -1.02. The molecule has 0 aromatic heterocycles. The zero-order valence-electron chi connectivity index (χ0n) is 7.73. The van der Waals surface area contributed by atoms with Crippen LogP contribution in [0, 0.1) is 13.8 Å². The second kappa shape index (κ2) is 3.79. The lowest BCUT2D eigenvalue weighted by Gasteiger charge is -2.06. The predicted molar refractivity (Wildman–Crippen MR) is 53.8 cm³/mol. The second-order valence-electron chi connectivity index (χ2n) is 3.17. The molecule has 1 aromatic carbocycles. The van der Waals surface area contributed by atoms with Gasteiger partial charge >= 0.3 is 0 Å². The second-order valence-corrected chi connectivity index (χ2v) is 3.58. The molecule has 70 valence electrons. The molecule has 0 saturated heterocycles. The van der Waals surface area contributed by atoms with Crippen LogP contribution < -0.4 is 5.73 Å². The van der Waals surface area contributed by atoms with E-state index in [1.165, 1.54) is 0 Å². The number of amides is 1. The molecule has 1 aromatic rings. The normalized spacial score (nSPS) is 10.1. The number of nitrogens with two attached hydrogens (primary N) is 1. The summed E-state index contributed by atoms with van der Waals surface area (Å²) >= 11 is 5.91. The van der Waals surface area contributed by atoms with Crippen molar-refractivity contribution in [2.45, 2.75) is 20.3 Å². The maximum atomic E-state index is 10.7. The third kappa shape index (κ3) is 2.46. The lowest BCUT2D eigenvalue weighted by molar-refractivity contribution is -0.117. The Bertz CT molecular complexity index is 347. The van der Waals surface area contributed by atoms with Gasteiger partial charge in [-0.15, -0.1) is 0 Å². The number of carbonyl (C=O) groups is 1. The van der Waals surface area contributed by atoms with Crippen LogP contribution in [-0.2, 0) is 11.2 Å². The summed E-state index contributed by atoms with van der Waals surface area (Å²) in [4.78, 5) is 10.7. The Morgan fingerprint density at radius 1 is 1.38 bits per heavy atom. The predicted octanol–water partition coefficient (Wildman–Crippen LogP) is 1.98. The van der Waals surface area contributed by atoms with Crippen molar-refractivity contribution in [1.29, 1.82) is 0 Å². The van der Waals surface area contributed by atoms with Gasteiger partial charge in [-0.3, -0.25) is 4.79 Å². The van der Waals surface area contributed by atoms with Gasteiger partial charge in [-0.05, 0) is 36.6 Å². The van der Waals surface area contributed by atoms with Gasteiger partial charge in [0.05, 0.1) is 6.42 Å². The third-order valence-corrected chi connectivity index (χ3v) is 2.39. The summed E-state index contributed by atoms with van der Waals surface area (Å²) in [5, 5.41) is 0.728. The molecule has 0 spiro atoms. The van der Waals surface area contributed by atoms with Crippen LogP contribution in [0.2, 0.25) is 5.02 Å². The zero-order chi connectivity index (χ0) is 10.0. The van der Waals surface area contributed by atoms with Crippen LogP contribution in [0.3, 0.4) is 0 Å². The van der Waals surface area contributed by atoms with E-state index in [1.54, 1.807) is 0 Å². The van der Waals surface area contributed by atoms with Crippen molar-refractivity contribution in [2.24, 2.45) is 5.73 Å². The summed E-state index contributed by atoms with van der Waals surface area (Å²) in [7, 11) is 0. The standard InChI is InChI=1S/C10H12ClNO/c1-6-4-9(11)7(2)3-8(6)5-10(12)13/h3-4H,5H2,1-2H3,(H2,12,13). The first-order chi connectivity index (χ1) is 6.00. The average Bonchev–Trinajstić information content (AvgIpc) is 1.99. The minimum absolute atomic E-state index is 0.282. The topological polar surface area (TPSA) is 43.1 Å². The first kappa shape index (κ1) is 10.1. The highest BCUT2D eigenvalue weighted by Gasteiger charge is 2.05. The van der Waals surface area contributed by atoms with Gasteiger partial charge < -0.3 is 5.73 Å². The molecule has 0 bridgehead atoms. The van der Waals surface area contributed by atoms with Crippen LogP contribution >= 0.6 is 11.6 Å². The molecule has 0 saturated carbocycles. The average molecular weight is 198 g/mol. The minimum Gasteiger partial charge on any atom is -0.369 e. The fourth-order valence-electron chi connectivity index (χ4n) is 1.22. The fraction of sp³-hybridized carbons (Fsp3) is 0.300. The number of hydrogen-bond acceptors (Lipinski definition) is 1. The molecule has 1 rings (SSSR count). The van der Waals surface area contributed by atoms with Crippen molar-refractivity contribution in [1.82, 2.24) is 0 Å². The number of hydrogen-bond donors (Lipinski definition) is 1. The molecular weight excluding hydrogens is 186 g/mol. The maximum absolute atomic E-state index is 10.7. The highest BCUT2D eigenvalue weighted by Crippen LogP contribution is 2.20. The van der Waals surface area contributed by atoms with E-state index < -0.39 is 0 Å². The SMILES string of the molecule is Cc1cc(CC(N)=O)c(C)cc1Cl.